The van der Waals surface area contributed by atoms with Gasteiger partial charge in [0.25, 0.3) is 0 Å². The van der Waals surface area contributed by atoms with E-state index < -0.39 is 0 Å². The first-order chi connectivity index (χ1) is 6.63. The molecule has 0 amide bonds. The van der Waals surface area contributed by atoms with Crippen molar-refractivity contribution in [3.8, 4) is 5.88 Å². The Morgan fingerprint density at radius 3 is 2.71 bits per heavy atom. The lowest BCUT2D eigenvalue weighted by Crippen LogP contribution is -1.70. The van der Waals surface area contributed by atoms with E-state index in [2.05, 4.69) is 10.2 Å². The molecule has 0 spiro atoms. The largest absolute Gasteiger partial charge is 0.493 e. The first-order valence-corrected chi connectivity index (χ1v) is 4.42. The maximum atomic E-state index is 10.4. The van der Waals surface area contributed by atoms with Crippen LogP contribution in [0.4, 0.5) is 5.69 Å². The van der Waals surface area contributed by atoms with Crippen LogP contribution in [-0.2, 0) is 0 Å². The number of nitrogens with zero attached hydrogens (tertiary/aromatic N) is 1. The van der Waals surface area contributed by atoms with Gasteiger partial charge in [-0.1, -0.05) is 23.2 Å². The van der Waals surface area contributed by atoms with Gasteiger partial charge in [-0.2, -0.15) is 0 Å². The molecule has 14 heavy (non-hydrogen) atoms. The maximum Gasteiger partial charge on any atom is 0.219 e. The summed E-state index contributed by atoms with van der Waals surface area (Å²) in [6.45, 7) is 0. The molecule has 2 aromatic rings. The van der Waals surface area contributed by atoms with Crippen molar-refractivity contribution in [3.63, 3.8) is 0 Å². The summed E-state index contributed by atoms with van der Waals surface area (Å²) in [4.78, 5) is 13.0. The molecule has 72 valence electrons. The molecule has 0 saturated carbocycles. The highest BCUT2D eigenvalue weighted by atomic mass is 35.5. The summed E-state index contributed by atoms with van der Waals surface area (Å²) in [5, 5.41) is 13.1. The second-order valence-corrected chi connectivity index (χ2v) is 3.57. The Bertz CT molecular complexity index is 522. The second kappa shape index (κ2) is 3.15. The highest BCUT2D eigenvalue weighted by Crippen LogP contribution is 2.40. The highest BCUT2D eigenvalue weighted by molar-refractivity contribution is 6.39. The van der Waals surface area contributed by atoms with E-state index in [1.165, 1.54) is 6.07 Å². The van der Waals surface area contributed by atoms with Crippen molar-refractivity contribution in [1.29, 1.82) is 0 Å². The average molecular weight is 231 g/mol. The molecule has 0 aliphatic carbocycles. The molecule has 6 heteroatoms. The summed E-state index contributed by atoms with van der Waals surface area (Å²) in [6, 6.07) is 3.03. The summed E-state index contributed by atoms with van der Waals surface area (Å²) in [5.41, 5.74) is 0.385. The van der Waals surface area contributed by atoms with Gasteiger partial charge in [-0.05, 0) is 17.3 Å². The zero-order valence-electron chi connectivity index (χ0n) is 6.71. The molecule has 2 N–H and O–H groups in total. The number of fused-ring (bicyclic) bond motifs is 1. The summed E-state index contributed by atoms with van der Waals surface area (Å²) < 4.78 is 0. The molecule has 1 aromatic heterocycles. The third-order valence-electron chi connectivity index (χ3n) is 1.86. The minimum absolute atomic E-state index is 0.0957. The van der Waals surface area contributed by atoms with Gasteiger partial charge in [0.15, 0.2) is 5.69 Å². The van der Waals surface area contributed by atoms with Crippen LogP contribution >= 0.6 is 23.2 Å². The van der Waals surface area contributed by atoms with Crippen molar-refractivity contribution >= 4 is 39.8 Å². The Labute approximate surface area is 88.4 Å². The molecule has 0 saturated heterocycles. The third-order valence-corrected chi connectivity index (χ3v) is 2.38. The van der Waals surface area contributed by atoms with Gasteiger partial charge in [-0.3, -0.25) is 0 Å². The van der Waals surface area contributed by atoms with Gasteiger partial charge < -0.3 is 10.1 Å². The van der Waals surface area contributed by atoms with Gasteiger partial charge in [0, 0.05) is 5.02 Å². The monoisotopic (exact) mass is 230 g/mol. The maximum absolute atomic E-state index is 10.4. The molecule has 2 rings (SSSR count). The molecule has 1 heterocycles. The van der Waals surface area contributed by atoms with Crippen LogP contribution < -0.4 is 0 Å². The Kier molecular flexibility index (Phi) is 2.09. The lowest BCUT2D eigenvalue weighted by atomic mass is 10.2. The van der Waals surface area contributed by atoms with Crippen LogP contribution in [0.2, 0.25) is 10.0 Å². The molecule has 0 aliphatic rings. The van der Waals surface area contributed by atoms with Crippen LogP contribution in [0.25, 0.3) is 10.9 Å². The zero-order chi connectivity index (χ0) is 10.3. The number of nitrogens with one attached hydrogen (secondary N) is 1. The Hall–Kier alpha value is -1.26. The molecular weight excluding hydrogens is 227 g/mol. The van der Waals surface area contributed by atoms with E-state index in [4.69, 9.17) is 23.2 Å². The molecule has 0 radical (unpaired) electrons. The fourth-order valence-corrected chi connectivity index (χ4v) is 1.89. The molecular formula is C8H4Cl2N2O2. The van der Waals surface area contributed by atoms with Gasteiger partial charge in [-0.15, -0.1) is 4.91 Å². The first kappa shape index (κ1) is 9.30. The lowest BCUT2D eigenvalue weighted by molar-refractivity contribution is 0.460. The molecule has 0 aliphatic heterocycles. The Morgan fingerprint density at radius 1 is 1.36 bits per heavy atom. The fourth-order valence-electron chi connectivity index (χ4n) is 1.31. The highest BCUT2D eigenvalue weighted by Gasteiger charge is 2.14. The molecule has 0 fully saturated rings. The number of halogens is 2. The number of benzene rings is 1. The van der Waals surface area contributed by atoms with Crippen LogP contribution in [0.15, 0.2) is 17.3 Å². The topological polar surface area (TPSA) is 65.4 Å². The molecule has 1 aromatic carbocycles. The van der Waals surface area contributed by atoms with E-state index in [9.17, 15) is 10.0 Å². The third kappa shape index (κ3) is 1.23. The number of hydrogen-bond donors (Lipinski definition) is 2. The van der Waals surface area contributed by atoms with E-state index in [0.29, 0.717) is 15.9 Å². The quantitative estimate of drug-likeness (QED) is 0.736. The van der Waals surface area contributed by atoms with Crippen LogP contribution in [0.3, 0.4) is 0 Å². The van der Waals surface area contributed by atoms with Gasteiger partial charge >= 0.3 is 0 Å². The zero-order valence-corrected chi connectivity index (χ0v) is 8.23. The molecule has 0 bridgehead atoms. The van der Waals surface area contributed by atoms with Crippen LogP contribution in [0, 0.1) is 4.91 Å². The van der Waals surface area contributed by atoms with Crippen LogP contribution in [-0.4, -0.2) is 10.1 Å². The fraction of sp³-hybridized carbons (Fsp3) is 0. The van der Waals surface area contributed by atoms with E-state index in [-0.39, 0.29) is 16.6 Å². The molecule has 0 atom stereocenters. The number of hydrogen-bond acceptors (Lipinski definition) is 3. The minimum Gasteiger partial charge on any atom is -0.493 e. The minimum atomic E-state index is -0.306. The Morgan fingerprint density at radius 2 is 2.07 bits per heavy atom. The van der Waals surface area contributed by atoms with Crippen molar-refractivity contribution in [1.82, 2.24) is 4.98 Å². The van der Waals surface area contributed by atoms with E-state index in [0.717, 1.165) is 0 Å². The normalized spacial score (nSPS) is 10.7. The predicted octanol–water partition coefficient (Wildman–Crippen LogP) is 3.58. The molecule has 0 unspecified atom stereocenters. The number of rotatable bonds is 1. The lowest BCUT2D eigenvalue weighted by Gasteiger charge is -1.95. The average Bonchev–Trinajstić information content (AvgIpc) is 2.40. The van der Waals surface area contributed by atoms with E-state index >= 15 is 0 Å². The molecule has 4 nitrogen and oxygen atoms in total. The van der Waals surface area contributed by atoms with Crippen molar-refractivity contribution in [2.75, 3.05) is 0 Å². The second-order valence-electron chi connectivity index (χ2n) is 2.72. The SMILES string of the molecule is O=Nc1c(O)[nH]c2cc(Cl)cc(Cl)c12. The van der Waals surface area contributed by atoms with Gasteiger partial charge in [0.05, 0.1) is 15.9 Å². The van der Waals surface area contributed by atoms with E-state index in [1.54, 1.807) is 6.07 Å². The van der Waals surface area contributed by atoms with Crippen LogP contribution in [0.1, 0.15) is 0 Å². The van der Waals surface area contributed by atoms with Crippen LogP contribution in [0.5, 0.6) is 5.88 Å². The summed E-state index contributed by atoms with van der Waals surface area (Å²) in [7, 11) is 0. The Balaban J connectivity index is 2.95. The summed E-state index contributed by atoms with van der Waals surface area (Å²) in [6.07, 6.45) is 0. The van der Waals surface area contributed by atoms with Gasteiger partial charge in [0.2, 0.25) is 5.88 Å². The van der Waals surface area contributed by atoms with Gasteiger partial charge in [-0.25, -0.2) is 0 Å². The first-order valence-electron chi connectivity index (χ1n) is 3.66. The number of H-pyrrole nitrogens is 1. The standard InChI is InChI=1S/C8H4Cl2N2O2/c9-3-1-4(10)6-5(2-3)11-8(13)7(6)12-14/h1-2,11,13H. The van der Waals surface area contributed by atoms with Crippen molar-refractivity contribution < 1.29 is 5.11 Å². The van der Waals surface area contributed by atoms with Gasteiger partial charge in [0.1, 0.15) is 0 Å². The number of aromatic nitrogens is 1. The number of nitroso groups, excluding NO2 is 1. The number of aromatic hydroxyl groups is 1. The summed E-state index contributed by atoms with van der Waals surface area (Å²) >= 11 is 11.6. The number of aromatic amines is 1. The van der Waals surface area contributed by atoms with Crippen molar-refractivity contribution in [3.05, 3.63) is 27.1 Å². The smallest absolute Gasteiger partial charge is 0.219 e. The van der Waals surface area contributed by atoms with Crippen molar-refractivity contribution in [2.24, 2.45) is 5.18 Å². The predicted molar refractivity (Wildman–Crippen MR) is 55.4 cm³/mol. The summed E-state index contributed by atoms with van der Waals surface area (Å²) in [5.74, 6) is -0.306. The van der Waals surface area contributed by atoms with Crippen molar-refractivity contribution in [2.45, 2.75) is 0 Å². The van der Waals surface area contributed by atoms with E-state index in [1.807, 2.05) is 0 Å².